The largest absolute Gasteiger partial charge is 0.451 e. The zero-order valence-electron chi connectivity index (χ0n) is 13.2. The molecule has 0 saturated carbocycles. The summed E-state index contributed by atoms with van der Waals surface area (Å²) in [7, 11) is 0. The molecule has 1 heterocycles. The summed E-state index contributed by atoms with van der Waals surface area (Å²) in [4.78, 5) is 12.3. The van der Waals surface area contributed by atoms with Crippen molar-refractivity contribution >= 4 is 46.4 Å². The van der Waals surface area contributed by atoms with Gasteiger partial charge in [-0.15, -0.1) is 0 Å². The molecule has 1 aromatic heterocycles. The Morgan fingerprint density at radius 1 is 0.926 bits per heavy atom. The maximum atomic E-state index is 12.9. The van der Waals surface area contributed by atoms with E-state index in [1.54, 1.807) is 6.07 Å². The number of amides is 1. The van der Waals surface area contributed by atoms with E-state index in [-0.39, 0.29) is 32.8 Å². The van der Waals surface area contributed by atoms with Crippen molar-refractivity contribution in [3.63, 3.8) is 0 Å². The second-order valence-corrected chi connectivity index (χ2v) is 6.69. The van der Waals surface area contributed by atoms with Crippen LogP contribution in [-0.4, -0.2) is 5.91 Å². The van der Waals surface area contributed by atoms with Gasteiger partial charge in [0.15, 0.2) is 5.76 Å². The monoisotopic (exact) mass is 433 g/mol. The number of carbonyl (C=O) groups excluding carboxylic acids is 1. The number of alkyl halides is 3. The van der Waals surface area contributed by atoms with Gasteiger partial charge in [0.05, 0.1) is 21.3 Å². The highest BCUT2D eigenvalue weighted by atomic mass is 35.5. The molecule has 0 unspecified atom stereocenters. The van der Waals surface area contributed by atoms with Gasteiger partial charge in [0.1, 0.15) is 5.76 Å². The van der Waals surface area contributed by atoms with E-state index in [4.69, 9.17) is 39.2 Å². The van der Waals surface area contributed by atoms with Crippen molar-refractivity contribution in [1.29, 1.82) is 0 Å². The molecular weight excluding hydrogens is 426 g/mol. The van der Waals surface area contributed by atoms with Gasteiger partial charge in [-0.25, -0.2) is 0 Å². The van der Waals surface area contributed by atoms with Crippen molar-refractivity contribution in [2.24, 2.45) is 0 Å². The van der Waals surface area contributed by atoms with Crippen molar-refractivity contribution in [2.75, 3.05) is 5.32 Å². The molecule has 0 bridgehead atoms. The van der Waals surface area contributed by atoms with Crippen molar-refractivity contribution in [3.05, 3.63) is 74.9 Å². The summed E-state index contributed by atoms with van der Waals surface area (Å²) in [5.41, 5.74) is -0.592. The minimum atomic E-state index is -4.53. The minimum Gasteiger partial charge on any atom is -0.451 e. The van der Waals surface area contributed by atoms with Crippen LogP contribution < -0.4 is 5.32 Å². The highest BCUT2D eigenvalue weighted by Gasteiger charge is 2.31. The van der Waals surface area contributed by atoms with Crippen LogP contribution in [0.2, 0.25) is 15.1 Å². The first-order valence-corrected chi connectivity index (χ1v) is 8.52. The van der Waals surface area contributed by atoms with E-state index in [1.807, 2.05) is 0 Å². The zero-order chi connectivity index (χ0) is 19.8. The van der Waals surface area contributed by atoms with Gasteiger partial charge in [-0.3, -0.25) is 4.79 Å². The lowest BCUT2D eigenvalue weighted by Crippen LogP contribution is -2.11. The molecule has 3 nitrogen and oxygen atoms in total. The van der Waals surface area contributed by atoms with Crippen LogP contribution in [0, 0.1) is 0 Å². The number of carbonyl (C=O) groups is 1. The van der Waals surface area contributed by atoms with E-state index < -0.39 is 17.6 Å². The van der Waals surface area contributed by atoms with Gasteiger partial charge in [-0.05, 0) is 48.5 Å². The summed E-state index contributed by atoms with van der Waals surface area (Å²) in [6.07, 6.45) is -4.53. The van der Waals surface area contributed by atoms with E-state index in [2.05, 4.69) is 5.32 Å². The van der Waals surface area contributed by atoms with Crippen LogP contribution in [0.3, 0.4) is 0 Å². The van der Waals surface area contributed by atoms with Crippen molar-refractivity contribution in [1.82, 2.24) is 0 Å². The van der Waals surface area contributed by atoms with Crippen LogP contribution in [0.1, 0.15) is 16.1 Å². The summed E-state index contributed by atoms with van der Waals surface area (Å²) >= 11 is 17.8. The molecule has 2 aromatic carbocycles. The maximum Gasteiger partial charge on any atom is 0.416 e. The molecule has 1 N–H and O–H groups in total. The molecular formula is C18H9Cl3F3NO2. The maximum absolute atomic E-state index is 12.9. The number of anilines is 1. The van der Waals surface area contributed by atoms with Crippen LogP contribution >= 0.6 is 34.8 Å². The Labute approximate surface area is 166 Å². The Kier molecular flexibility index (Phi) is 5.42. The molecule has 0 aliphatic carbocycles. The topological polar surface area (TPSA) is 42.2 Å². The van der Waals surface area contributed by atoms with E-state index in [0.717, 1.165) is 18.2 Å². The third-order valence-electron chi connectivity index (χ3n) is 3.57. The Bertz CT molecular complexity index is 1020. The summed E-state index contributed by atoms with van der Waals surface area (Å²) in [5.74, 6) is -0.753. The summed E-state index contributed by atoms with van der Waals surface area (Å²) in [5, 5.41) is 3.21. The lowest BCUT2D eigenvalue weighted by Gasteiger charge is -2.09. The van der Waals surface area contributed by atoms with E-state index >= 15 is 0 Å². The molecule has 0 aliphatic heterocycles. The standard InChI is InChI=1S/C18H9Cl3F3NO2/c19-10-2-4-13(21)14(8-10)25-17(26)16-6-5-15(27-16)11-7-9(18(22,23)24)1-3-12(11)20/h1-8H,(H,25,26). The molecule has 140 valence electrons. The van der Waals surface area contributed by atoms with Gasteiger partial charge in [0.25, 0.3) is 5.91 Å². The van der Waals surface area contributed by atoms with Crippen LogP contribution in [0.4, 0.5) is 18.9 Å². The second-order valence-electron chi connectivity index (χ2n) is 5.43. The summed E-state index contributed by atoms with van der Waals surface area (Å²) in [6.45, 7) is 0. The van der Waals surface area contributed by atoms with Crippen molar-refractivity contribution in [2.45, 2.75) is 6.18 Å². The number of rotatable bonds is 3. The molecule has 9 heteroatoms. The van der Waals surface area contributed by atoms with Gasteiger partial charge in [0.2, 0.25) is 0 Å². The van der Waals surface area contributed by atoms with Crippen LogP contribution in [0.5, 0.6) is 0 Å². The molecule has 0 atom stereocenters. The highest BCUT2D eigenvalue weighted by Crippen LogP contribution is 2.36. The molecule has 0 saturated heterocycles. The van der Waals surface area contributed by atoms with Gasteiger partial charge in [-0.1, -0.05) is 34.8 Å². The third-order valence-corrected chi connectivity index (χ3v) is 4.46. The first kappa shape index (κ1) is 19.6. The minimum absolute atomic E-state index is 0.0197. The number of hydrogen-bond donors (Lipinski definition) is 1. The second kappa shape index (κ2) is 7.46. The number of benzene rings is 2. The SMILES string of the molecule is O=C(Nc1cc(Cl)ccc1Cl)c1ccc(-c2cc(C(F)(F)F)ccc2Cl)o1. The van der Waals surface area contributed by atoms with Crippen molar-refractivity contribution < 1.29 is 22.4 Å². The molecule has 3 aromatic rings. The molecule has 0 radical (unpaired) electrons. The Hall–Kier alpha value is -2.15. The number of halogens is 6. The Morgan fingerprint density at radius 3 is 2.33 bits per heavy atom. The zero-order valence-corrected chi connectivity index (χ0v) is 15.5. The fourth-order valence-corrected chi connectivity index (χ4v) is 2.82. The summed E-state index contributed by atoms with van der Waals surface area (Å²) in [6, 6.07) is 10.0. The number of furan rings is 1. The molecule has 0 spiro atoms. The quantitative estimate of drug-likeness (QED) is 0.474. The smallest absolute Gasteiger partial charge is 0.416 e. The highest BCUT2D eigenvalue weighted by molar-refractivity contribution is 6.36. The Morgan fingerprint density at radius 2 is 1.63 bits per heavy atom. The molecule has 1 amide bonds. The van der Waals surface area contributed by atoms with Gasteiger partial charge < -0.3 is 9.73 Å². The van der Waals surface area contributed by atoms with E-state index in [1.165, 1.54) is 24.3 Å². The first-order chi connectivity index (χ1) is 12.6. The van der Waals surface area contributed by atoms with Gasteiger partial charge in [-0.2, -0.15) is 13.2 Å². The molecule has 0 fully saturated rings. The average molecular weight is 435 g/mol. The lowest BCUT2D eigenvalue weighted by molar-refractivity contribution is -0.137. The van der Waals surface area contributed by atoms with Gasteiger partial charge >= 0.3 is 6.18 Å². The molecule has 27 heavy (non-hydrogen) atoms. The predicted octanol–water partition coefficient (Wildman–Crippen LogP) is 7.18. The first-order valence-electron chi connectivity index (χ1n) is 7.38. The Balaban J connectivity index is 1.89. The van der Waals surface area contributed by atoms with E-state index in [0.29, 0.717) is 5.02 Å². The number of nitrogens with one attached hydrogen (secondary N) is 1. The van der Waals surface area contributed by atoms with Crippen molar-refractivity contribution in [3.8, 4) is 11.3 Å². The fourth-order valence-electron chi connectivity index (χ4n) is 2.27. The normalized spacial score (nSPS) is 11.5. The third kappa shape index (κ3) is 4.40. The van der Waals surface area contributed by atoms with Crippen LogP contribution in [0.25, 0.3) is 11.3 Å². The number of hydrogen-bond acceptors (Lipinski definition) is 2. The van der Waals surface area contributed by atoms with Crippen LogP contribution in [0.15, 0.2) is 52.9 Å². The summed E-state index contributed by atoms with van der Waals surface area (Å²) < 4.78 is 44.1. The van der Waals surface area contributed by atoms with Crippen LogP contribution in [-0.2, 0) is 6.18 Å². The molecule has 0 aliphatic rings. The predicted molar refractivity (Wildman–Crippen MR) is 98.6 cm³/mol. The fraction of sp³-hybridized carbons (Fsp3) is 0.0556. The average Bonchev–Trinajstić information content (AvgIpc) is 3.07. The van der Waals surface area contributed by atoms with Gasteiger partial charge in [0, 0.05) is 10.6 Å². The molecule has 3 rings (SSSR count). The van der Waals surface area contributed by atoms with E-state index in [9.17, 15) is 18.0 Å². The lowest BCUT2D eigenvalue weighted by atomic mass is 10.1.